The van der Waals surface area contributed by atoms with Crippen LogP contribution in [-0.4, -0.2) is 28.3 Å². The second-order valence-electron chi connectivity index (χ2n) is 3.88. The number of hydrogen-bond donors (Lipinski definition) is 1. The molecule has 3 heterocycles. The Morgan fingerprint density at radius 2 is 2.38 bits per heavy atom. The van der Waals surface area contributed by atoms with E-state index >= 15 is 0 Å². The topological polar surface area (TPSA) is 63.8 Å². The summed E-state index contributed by atoms with van der Waals surface area (Å²) < 4.78 is 5.65. The monoisotopic (exact) mass is 216 g/mol. The first-order valence-corrected chi connectivity index (χ1v) is 5.38. The molecule has 82 valence electrons. The summed E-state index contributed by atoms with van der Waals surface area (Å²) in [5, 5.41) is 11.4. The molecular weight excluding hydrogens is 204 g/mol. The van der Waals surface area contributed by atoms with Gasteiger partial charge in [-0.05, 0) is 25.1 Å². The van der Waals surface area contributed by atoms with Gasteiger partial charge < -0.3 is 9.73 Å². The van der Waals surface area contributed by atoms with E-state index in [9.17, 15) is 0 Å². The summed E-state index contributed by atoms with van der Waals surface area (Å²) in [7, 11) is 0. The summed E-state index contributed by atoms with van der Waals surface area (Å²) in [5.41, 5.74) is 0.868. The van der Waals surface area contributed by atoms with E-state index in [-0.39, 0.29) is 0 Å². The molecule has 1 aliphatic heterocycles. The van der Waals surface area contributed by atoms with Gasteiger partial charge in [0.15, 0.2) is 0 Å². The van der Waals surface area contributed by atoms with E-state index in [4.69, 9.17) is 4.42 Å². The van der Waals surface area contributed by atoms with Gasteiger partial charge in [-0.2, -0.15) is 0 Å². The number of hydrogen-bond acceptors (Lipinski definition) is 5. The van der Waals surface area contributed by atoms with Crippen LogP contribution in [0.4, 0.5) is 0 Å². The van der Waals surface area contributed by atoms with Crippen molar-refractivity contribution < 1.29 is 4.42 Å². The largest absolute Gasteiger partial charge is 0.420 e. The number of nitrogens with zero attached hydrogens (tertiary/aromatic N) is 3. The highest BCUT2D eigenvalue weighted by Gasteiger charge is 2.22. The molecule has 1 atom stereocenters. The van der Waals surface area contributed by atoms with Crippen molar-refractivity contribution in [3.63, 3.8) is 0 Å². The normalized spacial score (nSPS) is 20.1. The number of pyridine rings is 1. The van der Waals surface area contributed by atoms with E-state index in [2.05, 4.69) is 20.5 Å². The minimum absolute atomic E-state index is 0.359. The fourth-order valence-corrected chi connectivity index (χ4v) is 1.87. The van der Waals surface area contributed by atoms with E-state index in [1.165, 1.54) is 0 Å². The Morgan fingerprint density at radius 3 is 3.12 bits per heavy atom. The predicted octanol–water partition coefficient (Wildman–Crippen LogP) is 1.21. The first-order chi connectivity index (χ1) is 7.93. The van der Waals surface area contributed by atoms with Crippen LogP contribution in [0.25, 0.3) is 11.5 Å². The Labute approximate surface area is 92.9 Å². The second-order valence-corrected chi connectivity index (χ2v) is 3.88. The summed E-state index contributed by atoms with van der Waals surface area (Å²) in [5.74, 6) is 1.64. The van der Waals surface area contributed by atoms with Gasteiger partial charge in [-0.15, -0.1) is 10.2 Å². The highest BCUT2D eigenvalue weighted by Crippen LogP contribution is 2.24. The Kier molecular flexibility index (Phi) is 2.38. The van der Waals surface area contributed by atoms with Crippen molar-refractivity contribution in [2.24, 2.45) is 0 Å². The summed E-state index contributed by atoms with van der Waals surface area (Å²) in [4.78, 5) is 4.03. The third-order valence-electron chi connectivity index (χ3n) is 2.76. The molecule has 0 bridgehead atoms. The van der Waals surface area contributed by atoms with E-state index in [1.54, 1.807) is 12.4 Å². The van der Waals surface area contributed by atoms with Gasteiger partial charge >= 0.3 is 0 Å². The van der Waals surface area contributed by atoms with E-state index in [1.807, 2.05) is 12.1 Å². The predicted molar refractivity (Wildman–Crippen MR) is 57.8 cm³/mol. The molecule has 3 rings (SSSR count). The number of nitrogens with one attached hydrogen (secondary N) is 1. The molecule has 1 unspecified atom stereocenters. The number of rotatable bonds is 2. The summed E-state index contributed by atoms with van der Waals surface area (Å²) in [6.45, 7) is 1.95. The molecule has 1 saturated heterocycles. The average molecular weight is 216 g/mol. The van der Waals surface area contributed by atoms with Crippen LogP contribution in [0.2, 0.25) is 0 Å². The minimum atomic E-state index is 0.359. The molecule has 2 aromatic heterocycles. The Hall–Kier alpha value is -1.75. The maximum Gasteiger partial charge on any atom is 0.249 e. The molecule has 1 fully saturated rings. The van der Waals surface area contributed by atoms with Crippen LogP contribution >= 0.6 is 0 Å². The summed E-state index contributed by atoms with van der Waals surface area (Å²) in [6.07, 6.45) is 4.51. The molecule has 1 N–H and O–H groups in total. The molecule has 2 aromatic rings. The van der Waals surface area contributed by atoms with Crippen molar-refractivity contribution in [3.05, 3.63) is 30.4 Å². The van der Waals surface area contributed by atoms with Gasteiger partial charge in [0, 0.05) is 18.9 Å². The number of aromatic nitrogens is 3. The fraction of sp³-hybridized carbons (Fsp3) is 0.364. The van der Waals surface area contributed by atoms with Crippen LogP contribution in [0, 0.1) is 0 Å². The van der Waals surface area contributed by atoms with Gasteiger partial charge in [0.1, 0.15) is 0 Å². The van der Waals surface area contributed by atoms with Crippen molar-refractivity contribution >= 4 is 0 Å². The molecule has 0 aliphatic carbocycles. The first kappa shape index (κ1) is 9.47. The van der Waals surface area contributed by atoms with Crippen molar-refractivity contribution in [2.45, 2.75) is 12.3 Å². The lowest BCUT2D eigenvalue weighted by molar-refractivity contribution is 0.467. The molecule has 0 aromatic carbocycles. The van der Waals surface area contributed by atoms with Gasteiger partial charge in [-0.3, -0.25) is 4.98 Å². The smallest absolute Gasteiger partial charge is 0.249 e. The van der Waals surface area contributed by atoms with Crippen molar-refractivity contribution in [3.8, 4) is 11.5 Å². The van der Waals surface area contributed by atoms with Gasteiger partial charge in [-0.25, -0.2) is 0 Å². The van der Waals surface area contributed by atoms with E-state index in [0.29, 0.717) is 11.8 Å². The average Bonchev–Trinajstić information content (AvgIpc) is 3.01. The molecule has 0 spiro atoms. The third-order valence-corrected chi connectivity index (χ3v) is 2.76. The van der Waals surface area contributed by atoms with E-state index < -0.39 is 0 Å². The standard InChI is InChI=1S/C11H12N4O/c1-2-8(6-12-4-1)10-14-15-11(16-10)9-3-5-13-7-9/h1-2,4,6,9,13H,3,5,7H2. The van der Waals surface area contributed by atoms with Crippen molar-refractivity contribution in [2.75, 3.05) is 13.1 Å². The lowest BCUT2D eigenvalue weighted by Crippen LogP contribution is -2.08. The Balaban J connectivity index is 1.87. The zero-order valence-electron chi connectivity index (χ0n) is 8.76. The zero-order valence-corrected chi connectivity index (χ0v) is 8.76. The lowest BCUT2D eigenvalue weighted by Gasteiger charge is -1.99. The molecule has 0 amide bonds. The highest BCUT2D eigenvalue weighted by molar-refractivity contribution is 5.49. The quantitative estimate of drug-likeness (QED) is 0.817. The van der Waals surface area contributed by atoms with Gasteiger partial charge in [0.05, 0.1) is 11.5 Å². The van der Waals surface area contributed by atoms with E-state index in [0.717, 1.165) is 31.0 Å². The minimum Gasteiger partial charge on any atom is -0.420 e. The van der Waals surface area contributed by atoms with Crippen LogP contribution < -0.4 is 5.32 Å². The third kappa shape index (κ3) is 1.69. The molecule has 16 heavy (non-hydrogen) atoms. The fourth-order valence-electron chi connectivity index (χ4n) is 1.87. The zero-order chi connectivity index (χ0) is 10.8. The van der Waals surface area contributed by atoms with Crippen LogP contribution in [0.3, 0.4) is 0 Å². The first-order valence-electron chi connectivity index (χ1n) is 5.38. The second kappa shape index (κ2) is 4.02. The Bertz CT molecular complexity index is 462. The van der Waals surface area contributed by atoms with Gasteiger partial charge in [-0.1, -0.05) is 0 Å². The molecule has 0 radical (unpaired) electrons. The maximum atomic E-state index is 5.65. The van der Waals surface area contributed by atoms with Gasteiger partial charge in [0.2, 0.25) is 11.8 Å². The molecule has 1 aliphatic rings. The lowest BCUT2D eigenvalue weighted by atomic mass is 10.1. The summed E-state index contributed by atoms with van der Waals surface area (Å²) in [6, 6.07) is 3.77. The highest BCUT2D eigenvalue weighted by atomic mass is 16.4. The van der Waals surface area contributed by atoms with Crippen LogP contribution in [0.5, 0.6) is 0 Å². The van der Waals surface area contributed by atoms with Crippen molar-refractivity contribution in [1.82, 2.24) is 20.5 Å². The molecule has 5 nitrogen and oxygen atoms in total. The molecular formula is C11H12N4O. The van der Waals surface area contributed by atoms with Crippen LogP contribution in [0.1, 0.15) is 18.2 Å². The maximum absolute atomic E-state index is 5.65. The summed E-state index contributed by atoms with van der Waals surface area (Å²) >= 11 is 0. The van der Waals surface area contributed by atoms with Crippen LogP contribution in [-0.2, 0) is 0 Å². The SMILES string of the molecule is c1cncc(-c2nnc(C3CCNC3)o2)c1. The van der Waals surface area contributed by atoms with Crippen LogP contribution in [0.15, 0.2) is 28.9 Å². The van der Waals surface area contributed by atoms with Gasteiger partial charge in [0.25, 0.3) is 0 Å². The molecule has 0 saturated carbocycles. The van der Waals surface area contributed by atoms with Crippen molar-refractivity contribution in [1.29, 1.82) is 0 Å². The molecule has 5 heteroatoms. The Morgan fingerprint density at radius 1 is 1.38 bits per heavy atom.